The van der Waals surface area contributed by atoms with Crippen molar-refractivity contribution in [1.82, 2.24) is 0 Å². The molecule has 0 fully saturated rings. The quantitative estimate of drug-likeness (QED) is 0.179. The topological polar surface area (TPSA) is 58.0 Å². The first-order valence-corrected chi connectivity index (χ1v) is 11.6. The summed E-state index contributed by atoms with van der Waals surface area (Å²) in [7, 11) is -1.81. The summed E-state index contributed by atoms with van der Waals surface area (Å²) < 4.78 is 6.21. The van der Waals surface area contributed by atoms with Crippen molar-refractivity contribution < 1.29 is 4.43 Å². The molecule has 23 heavy (non-hydrogen) atoms. The Bertz CT molecular complexity index is 563. The van der Waals surface area contributed by atoms with E-state index in [0.29, 0.717) is 6.61 Å². The van der Waals surface area contributed by atoms with E-state index < -0.39 is 8.32 Å². The molecular formula is C17H26BrN3OSi. The van der Waals surface area contributed by atoms with Gasteiger partial charge in [0.1, 0.15) is 0 Å². The van der Waals surface area contributed by atoms with Crippen molar-refractivity contribution in [3.8, 4) is 0 Å². The summed E-state index contributed by atoms with van der Waals surface area (Å²) in [5, 5.41) is 4.04. The standard InChI is InChI=1S/C17H26BrN3OSi/c1-17(2,3)23(4,5)22-13-15(18)16(20-21-19)12-11-14-9-7-6-8-10-14/h6-12,15-16H,13H2,1-5H3/b12-11+. The van der Waals surface area contributed by atoms with Gasteiger partial charge in [0.2, 0.25) is 0 Å². The number of azide groups is 1. The van der Waals surface area contributed by atoms with Crippen LogP contribution in [-0.2, 0) is 4.43 Å². The van der Waals surface area contributed by atoms with E-state index in [2.05, 4.69) is 59.8 Å². The SMILES string of the molecule is CC(C)(C)[Si](C)(C)OCC(Br)C(/C=C/c1ccccc1)N=[N+]=[N-]. The fourth-order valence-corrected chi connectivity index (χ4v) is 3.36. The highest BCUT2D eigenvalue weighted by Gasteiger charge is 2.37. The van der Waals surface area contributed by atoms with E-state index in [1.807, 2.05) is 42.5 Å². The lowest BCUT2D eigenvalue weighted by Crippen LogP contribution is -2.43. The molecule has 0 amide bonds. The van der Waals surface area contributed by atoms with Crippen molar-refractivity contribution in [1.29, 1.82) is 0 Å². The molecule has 1 aromatic rings. The number of nitrogens with zero attached hydrogens (tertiary/aromatic N) is 3. The zero-order chi connectivity index (χ0) is 17.5. The Labute approximate surface area is 148 Å². The van der Waals surface area contributed by atoms with E-state index >= 15 is 0 Å². The Morgan fingerprint density at radius 3 is 2.43 bits per heavy atom. The van der Waals surface area contributed by atoms with Crippen LogP contribution >= 0.6 is 15.9 Å². The van der Waals surface area contributed by atoms with Gasteiger partial charge in [0.15, 0.2) is 8.32 Å². The number of halogens is 1. The summed E-state index contributed by atoms with van der Waals surface area (Å²) in [5.41, 5.74) is 9.89. The molecule has 0 spiro atoms. The molecule has 0 aliphatic heterocycles. The predicted molar refractivity (Wildman–Crippen MR) is 104 cm³/mol. The van der Waals surface area contributed by atoms with Gasteiger partial charge in [-0.1, -0.05) is 84.3 Å². The average molecular weight is 396 g/mol. The molecule has 0 heterocycles. The van der Waals surface area contributed by atoms with Gasteiger partial charge in [-0.2, -0.15) is 0 Å². The van der Waals surface area contributed by atoms with Crippen molar-refractivity contribution in [3.05, 3.63) is 52.4 Å². The van der Waals surface area contributed by atoms with Crippen LogP contribution in [0.15, 0.2) is 41.5 Å². The molecule has 0 aliphatic carbocycles. The maximum atomic E-state index is 8.81. The fourth-order valence-electron chi connectivity index (χ4n) is 1.67. The monoisotopic (exact) mass is 395 g/mol. The zero-order valence-corrected chi connectivity index (χ0v) is 17.1. The van der Waals surface area contributed by atoms with Gasteiger partial charge < -0.3 is 4.43 Å². The second kappa shape index (κ2) is 8.69. The van der Waals surface area contributed by atoms with Crippen LogP contribution < -0.4 is 0 Å². The van der Waals surface area contributed by atoms with E-state index in [0.717, 1.165) is 5.56 Å². The van der Waals surface area contributed by atoms with Crippen LogP contribution in [0.1, 0.15) is 26.3 Å². The van der Waals surface area contributed by atoms with Crippen LogP contribution in [0.4, 0.5) is 0 Å². The molecule has 126 valence electrons. The van der Waals surface area contributed by atoms with E-state index in [-0.39, 0.29) is 15.9 Å². The number of hydrogen-bond donors (Lipinski definition) is 0. The highest BCUT2D eigenvalue weighted by atomic mass is 79.9. The zero-order valence-electron chi connectivity index (χ0n) is 14.5. The third-order valence-electron chi connectivity index (χ3n) is 4.25. The molecule has 1 aromatic carbocycles. The smallest absolute Gasteiger partial charge is 0.192 e. The Morgan fingerprint density at radius 2 is 1.91 bits per heavy atom. The number of benzene rings is 1. The van der Waals surface area contributed by atoms with Crippen LogP contribution in [0, 0.1) is 0 Å². The van der Waals surface area contributed by atoms with Gasteiger partial charge in [-0.05, 0) is 29.2 Å². The summed E-state index contributed by atoms with van der Waals surface area (Å²) in [5.74, 6) is 0. The van der Waals surface area contributed by atoms with Crippen LogP contribution in [0.2, 0.25) is 18.1 Å². The average Bonchev–Trinajstić information content (AvgIpc) is 2.49. The Kier molecular flexibility index (Phi) is 7.54. The summed E-state index contributed by atoms with van der Waals surface area (Å²) in [6, 6.07) is 9.67. The third-order valence-corrected chi connectivity index (χ3v) is 9.56. The minimum atomic E-state index is -1.81. The van der Waals surface area contributed by atoms with Crippen molar-refractivity contribution in [3.63, 3.8) is 0 Å². The van der Waals surface area contributed by atoms with Crippen LogP contribution in [-0.4, -0.2) is 25.8 Å². The van der Waals surface area contributed by atoms with E-state index in [4.69, 9.17) is 9.96 Å². The summed E-state index contributed by atoms with van der Waals surface area (Å²) in [6.07, 6.45) is 3.89. The van der Waals surface area contributed by atoms with Crippen molar-refractivity contribution in [2.45, 2.75) is 49.8 Å². The molecule has 6 heteroatoms. The number of rotatable bonds is 7. The molecule has 0 radical (unpaired) electrons. The normalized spacial score (nSPS) is 15.2. The number of hydrogen-bond acceptors (Lipinski definition) is 2. The minimum absolute atomic E-state index is 0.0486. The maximum absolute atomic E-state index is 8.81. The maximum Gasteiger partial charge on any atom is 0.192 e. The van der Waals surface area contributed by atoms with Gasteiger partial charge in [-0.15, -0.1) is 0 Å². The molecule has 0 N–H and O–H groups in total. The first-order chi connectivity index (χ1) is 10.7. The van der Waals surface area contributed by atoms with Crippen molar-refractivity contribution in [2.75, 3.05) is 6.61 Å². The molecule has 0 bridgehead atoms. The van der Waals surface area contributed by atoms with Gasteiger partial charge in [0.25, 0.3) is 0 Å². The first kappa shape index (κ1) is 20.0. The summed E-state index contributed by atoms with van der Waals surface area (Å²) >= 11 is 3.62. The van der Waals surface area contributed by atoms with Gasteiger partial charge in [0, 0.05) is 16.3 Å². The van der Waals surface area contributed by atoms with Gasteiger partial charge in [-0.25, -0.2) is 0 Å². The summed E-state index contributed by atoms with van der Waals surface area (Å²) in [4.78, 5) is 2.91. The molecule has 0 saturated carbocycles. The van der Waals surface area contributed by atoms with Crippen LogP contribution in [0.25, 0.3) is 16.5 Å². The lowest BCUT2D eigenvalue weighted by molar-refractivity contribution is 0.285. The highest BCUT2D eigenvalue weighted by Crippen LogP contribution is 2.37. The first-order valence-electron chi connectivity index (χ1n) is 7.73. The van der Waals surface area contributed by atoms with E-state index in [1.165, 1.54) is 0 Å². The lowest BCUT2D eigenvalue weighted by atomic mass is 10.1. The molecular weight excluding hydrogens is 370 g/mol. The van der Waals surface area contributed by atoms with E-state index in [9.17, 15) is 0 Å². The molecule has 2 unspecified atom stereocenters. The van der Waals surface area contributed by atoms with Crippen molar-refractivity contribution >= 4 is 30.3 Å². The van der Waals surface area contributed by atoms with Crippen molar-refractivity contribution in [2.24, 2.45) is 5.11 Å². The Balaban J connectivity index is 2.74. The Hall–Kier alpha value is -1.07. The lowest BCUT2D eigenvalue weighted by Gasteiger charge is -2.37. The van der Waals surface area contributed by atoms with Crippen LogP contribution in [0.5, 0.6) is 0 Å². The molecule has 0 aromatic heterocycles. The molecule has 0 aliphatic rings. The minimum Gasteiger partial charge on any atom is -0.416 e. The van der Waals surface area contributed by atoms with Crippen LogP contribution in [0.3, 0.4) is 0 Å². The summed E-state index contributed by atoms with van der Waals surface area (Å²) in [6.45, 7) is 11.6. The van der Waals surface area contributed by atoms with Gasteiger partial charge in [0.05, 0.1) is 6.04 Å². The highest BCUT2D eigenvalue weighted by molar-refractivity contribution is 9.09. The predicted octanol–water partition coefficient (Wildman–Crippen LogP) is 6.16. The largest absolute Gasteiger partial charge is 0.416 e. The Morgan fingerprint density at radius 1 is 1.30 bits per heavy atom. The van der Waals surface area contributed by atoms with E-state index in [1.54, 1.807) is 0 Å². The fraction of sp³-hybridized carbons (Fsp3) is 0.529. The second-order valence-corrected chi connectivity index (χ2v) is 13.0. The second-order valence-electron chi connectivity index (χ2n) is 7.05. The van der Waals surface area contributed by atoms with Gasteiger partial charge in [-0.3, -0.25) is 0 Å². The molecule has 2 atom stereocenters. The molecule has 1 rings (SSSR count). The molecule has 4 nitrogen and oxygen atoms in total. The third kappa shape index (κ3) is 6.51. The van der Waals surface area contributed by atoms with Gasteiger partial charge >= 0.3 is 0 Å². The number of alkyl halides is 1. The molecule has 0 saturated heterocycles.